The maximum absolute atomic E-state index is 13.4. The minimum Gasteiger partial charge on any atom is -0.340 e. The van der Waals surface area contributed by atoms with E-state index in [0.717, 1.165) is 0 Å². The molecule has 0 bridgehead atoms. The number of benzene rings is 1. The van der Waals surface area contributed by atoms with Crippen molar-refractivity contribution in [3.63, 3.8) is 0 Å². The van der Waals surface area contributed by atoms with Gasteiger partial charge in [-0.1, -0.05) is 5.16 Å². The lowest BCUT2D eigenvalue weighted by Gasteiger charge is -2.05. The van der Waals surface area contributed by atoms with Crippen molar-refractivity contribution < 1.29 is 8.91 Å². The number of nitriles is 1. The number of nitrogens with zero attached hydrogens (tertiary/aromatic N) is 3. The van der Waals surface area contributed by atoms with Crippen LogP contribution in [0.5, 0.6) is 0 Å². The van der Waals surface area contributed by atoms with Crippen LogP contribution in [0.3, 0.4) is 0 Å². The molecule has 1 aromatic carbocycles. The zero-order valence-electron chi connectivity index (χ0n) is 9.56. The highest BCUT2D eigenvalue weighted by atomic mass is 19.1. The van der Waals surface area contributed by atoms with Gasteiger partial charge in [0.05, 0.1) is 11.6 Å². The molecule has 0 atom stereocenters. The second-order valence-corrected chi connectivity index (χ2v) is 3.68. The predicted molar refractivity (Wildman–Crippen MR) is 60.8 cm³/mol. The smallest absolute Gasteiger partial charge is 0.227 e. The van der Waals surface area contributed by atoms with Gasteiger partial charge in [0, 0.05) is 25.1 Å². The first kappa shape index (κ1) is 12.2. The molecule has 1 heterocycles. The molecule has 0 saturated heterocycles. The minimum absolute atomic E-state index is 0.320. The zero-order chi connectivity index (χ0) is 12.8. The van der Waals surface area contributed by atoms with E-state index in [0.29, 0.717) is 36.5 Å². The second-order valence-electron chi connectivity index (χ2n) is 3.68. The summed E-state index contributed by atoms with van der Waals surface area (Å²) in [5.74, 6) is 0.216. The van der Waals surface area contributed by atoms with Crippen molar-refractivity contribution in [1.29, 1.82) is 5.26 Å². The molecular formula is C12H11FN4O. The highest BCUT2D eigenvalue weighted by Crippen LogP contribution is 2.09. The number of hydrogen-bond donors (Lipinski definition) is 1. The molecule has 1 aromatic heterocycles. The summed E-state index contributed by atoms with van der Waals surface area (Å²) in [6.45, 7) is 0.952. The van der Waals surface area contributed by atoms with Crippen LogP contribution in [0.15, 0.2) is 29.0 Å². The number of hydrogen-bond acceptors (Lipinski definition) is 5. The van der Waals surface area contributed by atoms with Crippen LogP contribution < -0.4 is 5.32 Å². The molecule has 2 aromatic rings. The van der Waals surface area contributed by atoms with Gasteiger partial charge in [-0.15, -0.1) is 0 Å². The summed E-state index contributed by atoms with van der Waals surface area (Å²) in [5.41, 5.74) is 0.921. The average molecular weight is 246 g/mol. The van der Waals surface area contributed by atoms with Crippen molar-refractivity contribution >= 4 is 0 Å². The third-order valence-corrected chi connectivity index (χ3v) is 2.41. The van der Waals surface area contributed by atoms with Crippen molar-refractivity contribution in [2.75, 3.05) is 6.54 Å². The van der Waals surface area contributed by atoms with Gasteiger partial charge >= 0.3 is 0 Å². The van der Waals surface area contributed by atoms with Crippen molar-refractivity contribution in [2.45, 2.75) is 13.0 Å². The first-order valence-electron chi connectivity index (χ1n) is 5.44. The summed E-state index contributed by atoms with van der Waals surface area (Å²) in [6, 6.07) is 6.27. The van der Waals surface area contributed by atoms with Crippen LogP contribution in [0.2, 0.25) is 0 Å². The van der Waals surface area contributed by atoms with Crippen LogP contribution in [-0.4, -0.2) is 16.7 Å². The van der Waals surface area contributed by atoms with E-state index in [1.165, 1.54) is 24.5 Å². The van der Waals surface area contributed by atoms with Gasteiger partial charge in [0.2, 0.25) is 5.89 Å². The topological polar surface area (TPSA) is 74.7 Å². The third-order valence-electron chi connectivity index (χ3n) is 2.41. The quantitative estimate of drug-likeness (QED) is 0.807. The fraction of sp³-hybridized carbons (Fsp3) is 0.250. The molecule has 0 radical (unpaired) electrons. The van der Waals surface area contributed by atoms with Crippen molar-refractivity contribution in [2.24, 2.45) is 0 Å². The second kappa shape index (κ2) is 5.89. The Morgan fingerprint density at radius 2 is 2.33 bits per heavy atom. The first-order chi connectivity index (χ1) is 8.79. The van der Waals surface area contributed by atoms with E-state index in [4.69, 9.17) is 9.78 Å². The van der Waals surface area contributed by atoms with E-state index in [-0.39, 0.29) is 5.82 Å². The zero-order valence-corrected chi connectivity index (χ0v) is 9.56. The summed E-state index contributed by atoms with van der Waals surface area (Å²) in [5, 5.41) is 15.3. The van der Waals surface area contributed by atoms with Crippen LogP contribution in [0, 0.1) is 17.1 Å². The van der Waals surface area contributed by atoms with Gasteiger partial charge in [-0.3, -0.25) is 0 Å². The van der Waals surface area contributed by atoms with Gasteiger partial charge < -0.3 is 9.84 Å². The highest BCUT2D eigenvalue weighted by molar-refractivity contribution is 5.33. The molecule has 0 saturated carbocycles. The molecule has 0 unspecified atom stereocenters. The Bertz CT molecular complexity index is 548. The van der Waals surface area contributed by atoms with E-state index in [2.05, 4.69) is 15.5 Å². The molecule has 0 spiro atoms. The van der Waals surface area contributed by atoms with Gasteiger partial charge in [0.15, 0.2) is 6.33 Å². The predicted octanol–water partition coefficient (Wildman–Crippen LogP) is 1.41. The normalized spacial score (nSPS) is 10.2. The summed E-state index contributed by atoms with van der Waals surface area (Å²) in [7, 11) is 0. The molecule has 5 nitrogen and oxygen atoms in total. The van der Waals surface area contributed by atoms with Gasteiger partial charge in [0.25, 0.3) is 0 Å². The van der Waals surface area contributed by atoms with Gasteiger partial charge in [0.1, 0.15) is 5.82 Å². The Morgan fingerprint density at radius 3 is 3.06 bits per heavy atom. The molecule has 92 valence electrons. The van der Waals surface area contributed by atoms with E-state index >= 15 is 0 Å². The fourth-order valence-electron chi connectivity index (χ4n) is 1.50. The maximum atomic E-state index is 13.4. The Balaban J connectivity index is 1.85. The number of halogens is 1. The molecule has 6 heteroatoms. The van der Waals surface area contributed by atoms with Crippen LogP contribution in [0.25, 0.3) is 0 Å². The Kier molecular flexibility index (Phi) is 3.99. The Labute approximate surface area is 103 Å². The van der Waals surface area contributed by atoms with Gasteiger partial charge in [-0.2, -0.15) is 10.2 Å². The van der Waals surface area contributed by atoms with E-state index in [9.17, 15) is 4.39 Å². The lowest BCUT2D eigenvalue weighted by molar-refractivity contribution is 0.374. The fourth-order valence-corrected chi connectivity index (χ4v) is 1.50. The van der Waals surface area contributed by atoms with Crippen molar-refractivity contribution in [3.05, 3.63) is 47.4 Å². The summed E-state index contributed by atoms with van der Waals surface area (Å²) >= 11 is 0. The Hall–Kier alpha value is -2.26. The molecule has 0 fully saturated rings. The Morgan fingerprint density at radius 1 is 1.44 bits per heavy atom. The third kappa shape index (κ3) is 3.12. The van der Waals surface area contributed by atoms with Crippen LogP contribution >= 0.6 is 0 Å². The molecule has 0 aliphatic rings. The SMILES string of the molecule is N#Cc1ccc(F)c(CNCCc2ncno2)c1. The molecule has 0 aliphatic heterocycles. The van der Waals surface area contributed by atoms with E-state index < -0.39 is 0 Å². The van der Waals surface area contributed by atoms with Crippen LogP contribution in [-0.2, 0) is 13.0 Å². The lowest BCUT2D eigenvalue weighted by atomic mass is 10.1. The number of rotatable bonds is 5. The van der Waals surface area contributed by atoms with Crippen molar-refractivity contribution in [3.8, 4) is 6.07 Å². The summed E-state index contributed by atoms with van der Waals surface area (Å²) < 4.78 is 18.2. The molecule has 0 amide bonds. The summed E-state index contributed by atoms with van der Waals surface area (Å²) in [4.78, 5) is 3.87. The minimum atomic E-state index is -0.320. The summed E-state index contributed by atoms with van der Waals surface area (Å²) in [6.07, 6.45) is 1.92. The average Bonchev–Trinajstić information content (AvgIpc) is 2.89. The molecular weight excluding hydrogens is 235 g/mol. The monoisotopic (exact) mass is 246 g/mol. The molecule has 1 N–H and O–H groups in total. The van der Waals surface area contributed by atoms with Crippen LogP contribution in [0.1, 0.15) is 17.0 Å². The molecule has 0 aliphatic carbocycles. The van der Waals surface area contributed by atoms with E-state index in [1.54, 1.807) is 0 Å². The van der Waals surface area contributed by atoms with Crippen LogP contribution in [0.4, 0.5) is 4.39 Å². The number of aromatic nitrogens is 2. The highest BCUT2D eigenvalue weighted by Gasteiger charge is 2.04. The maximum Gasteiger partial charge on any atom is 0.227 e. The molecule has 2 rings (SSSR count). The number of nitrogens with one attached hydrogen (secondary N) is 1. The lowest BCUT2D eigenvalue weighted by Crippen LogP contribution is -2.17. The van der Waals surface area contributed by atoms with Crippen molar-refractivity contribution in [1.82, 2.24) is 15.5 Å². The first-order valence-corrected chi connectivity index (χ1v) is 5.44. The standard InChI is InChI=1S/C12H11FN4O/c13-11-2-1-9(6-14)5-10(11)7-15-4-3-12-16-8-17-18-12/h1-2,5,8,15H,3-4,7H2. The largest absolute Gasteiger partial charge is 0.340 e. The van der Waals surface area contributed by atoms with Gasteiger partial charge in [-0.25, -0.2) is 4.39 Å². The van der Waals surface area contributed by atoms with Gasteiger partial charge in [-0.05, 0) is 18.2 Å². The van der Waals surface area contributed by atoms with E-state index in [1.807, 2.05) is 6.07 Å². The molecule has 18 heavy (non-hydrogen) atoms.